The van der Waals surface area contributed by atoms with E-state index in [1.165, 1.54) is 4.88 Å². The van der Waals surface area contributed by atoms with E-state index < -0.39 is 0 Å². The van der Waals surface area contributed by atoms with Crippen LogP contribution in [-0.4, -0.2) is 24.5 Å². The molecule has 1 aliphatic rings. The second-order valence-corrected chi connectivity index (χ2v) is 5.88. The number of rotatable bonds is 3. The molecule has 1 fully saturated rings. The molecule has 2 heterocycles. The van der Waals surface area contributed by atoms with Crippen molar-refractivity contribution in [3.63, 3.8) is 0 Å². The SMILES string of the molecule is COc1ccc(C(=O)N2CCCC2c2cccs2)cc1. The Hall–Kier alpha value is -1.81. The first kappa shape index (κ1) is 13.2. The molecule has 1 saturated heterocycles. The summed E-state index contributed by atoms with van der Waals surface area (Å²) < 4.78 is 5.13. The van der Waals surface area contributed by atoms with Crippen LogP contribution in [0.2, 0.25) is 0 Å². The Morgan fingerprint density at radius 2 is 2.10 bits per heavy atom. The second-order valence-electron chi connectivity index (χ2n) is 4.90. The Kier molecular flexibility index (Phi) is 3.74. The van der Waals surface area contributed by atoms with Gasteiger partial charge in [0.05, 0.1) is 13.2 Å². The van der Waals surface area contributed by atoms with Crippen LogP contribution in [0.15, 0.2) is 41.8 Å². The highest BCUT2D eigenvalue weighted by Gasteiger charge is 2.31. The van der Waals surface area contributed by atoms with Crippen molar-refractivity contribution in [2.75, 3.05) is 13.7 Å². The van der Waals surface area contributed by atoms with Gasteiger partial charge in [-0.15, -0.1) is 11.3 Å². The van der Waals surface area contributed by atoms with Crippen molar-refractivity contribution in [3.05, 3.63) is 52.2 Å². The summed E-state index contributed by atoms with van der Waals surface area (Å²) in [7, 11) is 1.63. The molecule has 104 valence electrons. The number of hydrogen-bond acceptors (Lipinski definition) is 3. The number of carbonyl (C=O) groups excluding carboxylic acids is 1. The summed E-state index contributed by atoms with van der Waals surface area (Å²) in [6, 6.07) is 11.8. The van der Waals surface area contributed by atoms with Crippen LogP contribution in [-0.2, 0) is 0 Å². The van der Waals surface area contributed by atoms with Gasteiger partial charge in [0.2, 0.25) is 0 Å². The summed E-state index contributed by atoms with van der Waals surface area (Å²) in [4.78, 5) is 15.9. The van der Waals surface area contributed by atoms with Gasteiger partial charge in [-0.2, -0.15) is 0 Å². The maximum absolute atomic E-state index is 12.6. The Morgan fingerprint density at radius 3 is 2.75 bits per heavy atom. The molecular formula is C16H17NO2S. The minimum atomic E-state index is 0.114. The monoisotopic (exact) mass is 287 g/mol. The van der Waals surface area contributed by atoms with Crippen LogP contribution >= 0.6 is 11.3 Å². The van der Waals surface area contributed by atoms with Crippen LogP contribution in [0.5, 0.6) is 5.75 Å². The second kappa shape index (κ2) is 5.67. The third kappa shape index (κ3) is 2.43. The average molecular weight is 287 g/mol. The molecule has 0 aliphatic carbocycles. The predicted molar refractivity (Wildman–Crippen MR) is 80.3 cm³/mol. The largest absolute Gasteiger partial charge is 0.497 e. The highest BCUT2D eigenvalue weighted by molar-refractivity contribution is 7.10. The molecule has 0 saturated carbocycles. The molecule has 1 aliphatic heterocycles. The molecule has 1 aromatic carbocycles. The fourth-order valence-electron chi connectivity index (χ4n) is 2.69. The fraction of sp³-hybridized carbons (Fsp3) is 0.312. The van der Waals surface area contributed by atoms with Gasteiger partial charge in [0.1, 0.15) is 5.75 Å². The van der Waals surface area contributed by atoms with E-state index in [4.69, 9.17) is 4.74 Å². The van der Waals surface area contributed by atoms with Gasteiger partial charge in [0, 0.05) is 17.0 Å². The molecule has 3 rings (SSSR count). The van der Waals surface area contributed by atoms with E-state index in [-0.39, 0.29) is 11.9 Å². The van der Waals surface area contributed by atoms with Crippen molar-refractivity contribution >= 4 is 17.2 Å². The first-order valence-corrected chi connectivity index (χ1v) is 7.66. The molecule has 20 heavy (non-hydrogen) atoms. The van der Waals surface area contributed by atoms with Crippen LogP contribution < -0.4 is 4.74 Å². The fourth-order valence-corrected chi connectivity index (χ4v) is 3.56. The maximum atomic E-state index is 12.6. The quantitative estimate of drug-likeness (QED) is 0.860. The predicted octanol–water partition coefficient (Wildman–Crippen LogP) is 3.73. The standard InChI is InChI=1S/C16H17NO2S/c1-19-13-8-6-12(7-9-13)16(18)17-10-2-4-14(17)15-5-3-11-20-15/h3,5-9,11,14H,2,4,10H2,1H3. The molecule has 0 radical (unpaired) electrons. The number of ether oxygens (including phenoxy) is 1. The van der Waals surface area contributed by atoms with Gasteiger partial charge in [-0.3, -0.25) is 4.79 Å². The van der Waals surface area contributed by atoms with Crippen molar-refractivity contribution in [3.8, 4) is 5.75 Å². The van der Waals surface area contributed by atoms with E-state index in [0.717, 1.165) is 30.7 Å². The number of nitrogens with zero attached hydrogens (tertiary/aromatic N) is 1. The number of methoxy groups -OCH3 is 1. The van der Waals surface area contributed by atoms with Crippen LogP contribution in [0.1, 0.15) is 34.1 Å². The highest BCUT2D eigenvalue weighted by atomic mass is 32.1. The zero-order chi connectivity index (χ0) is 13.9. The highest BCUT2D eigenvalue weighted by Crippen LogP contribution is 2.35. The van der Waals surface area contributed by atoms with Gasteiger partial charge >= 0.3 is 0 Å². The number of likely N-dealkylation sites (tertiary alicyclic amines) is 1. The summed E-state index contributed by atoms with van der Waals surface area (Å²) in [5, 5.41) is 2.07. The zero-order valence-electron chi connectivity index (χ0n) is 11.4. The van der Waals surface area contributed by atoms with Gasteiger partial charge in [0.15, 0.2) is 0 Å². The van der Waals surface area contributed by atoms with E-state index in [1.807, 2.05) is 35.2 Å². The molecule has 1 amide bonds. The Balaban J connectivity index is 1.81. The van der Waals surface area contributed by atoms with Crippen LogP contribution in [0.3, 0.4) is 0 Å². The number of carbonyl (C=O) groups is 1. The minimum Gasteiger partial charge on any atom is -0.497 e. The first-order chi connectivity index (χ1) is 9.79. The maximum Gasteiger partial charge on any atom is 0.254 e. The van der Waals surface area contributed by atoms with Crippen molar-refractivity contribution in [2.45, 2.75) is 18.9 Å². The molecule has 3 nitrogen and oxygen atoms in total. The lowest BCUT2D eigenvalue weighted by atomic mass is 10.1. The third-order valence-electron chi connectivity index (χ3n) is 3.72. The van der Waals surface area contributed by atoms with E-state index in [0.29, 0.717) is 0 Å². The summed E-state index contributed by atoms with van der Waals surface area (Å²) in [5.74, 6) is 0.890. The van der Waals surface area contributed by atoms with Crippen molar-refractivity contribution < 1.29 is 9.53 Å². The number of thiophene rings is 1. The van der Waals surface area contributed by atoms with E-state index in [1.54, 1.807) is 18.4 Å². The smallest absolute Gasteiger partial charge is 0.254 e. The van der Waals surface area contributed by atoms with Crippen LogP contribution in [0.4, 0.5) is 0 Å². The molecule has 0 spiro atoms. The van der Waals surface area contributed by atoms with E-state index in [2.05, 4.69) is 11.4 Å². The average Bonchev–Trinajstić information content (AvgIpc) is 3.16. The van der Waals surface area contributed by atoms with Gasteiger partial charge < -0.3 is 9.64 Å². The van der Waals surface area contributed by atoms with Crippen molar-refractivity contribution in [2.24, 2.45) is 0 Å². The molecule has 4 heteroatoms. The Labute approximate surface area is 122 Å². The molecule has 1 unspecified atom stereocenters. The number of benzene rings is 1. The van der Waals surface area contributed by atoms with Gasteiger partial charge in [-0.05, 0) is 48.6 Å². The Morgan fingerprint density at radius 1 is 1.30 bits per heavy atom. The first-order valence-electron chi connectivity index (χ1n) is 6.78. The van der Waals surface area contributed by atoms with E-state index in [9.17, 15) is 4.79 Å². The third-order valence-corrected chi connectivity index (χ3v) is 4.70. The molecule has 1 atom stereocenters. The summed E-state index contributed by atoms with van der Waals surface area (Å²) in [5.41, 5.74) is 0.731. The molecule has 1 aromatic heterocycles. The normalized spacial score (nSPS) is 18.2. The van der Waals surface area contributed by atoms with Gasteiger partial charge in [0.25, 0.3) is 5.91 Å². The van der Waals surface area contributed by atoms with Crippen LogP contribution in [0.25, 0.3) is 0 Å². The zero-order valence-corrected chi connectivity index (χ0v) is 12.2. The van der Waals surface area contributed by atoms with Crippen molar-refractivity contribution in [1.29, 1.82) is 0 Å². The minimum absolute atomic E-state index is 0.114. The molecule has 0 bridgehead atoms. The molecule has 0 N–H and O–H groups in total. The summed E-state index contributed by atoms with van der Waals surface area (Å²) in [6.45, 7) is 0.841. The summed E-state index contributed by atoms with van der Waals surface area (Å²) >= 11 is 1.73. The lowest BCUT2D eigenvalue weighted by molar-refractivity contribution is 0.0738. The van der Waals surface area contributed by atoms with Crippen molar-refractivity contribution in [1.82, 2.24) is 4.90 Å². The lowest BCUT2D eigenvalue weighted by Gasteiger charge is -2.24. The number of hydrogen-bond donors (Lipinski definition) is 0. The lowest BCUT2D eigenvalue weighted by Crippen LogP contribution is -2.30. The molecular weight excluding hydrogens is 270 g/mol. The van der Waals surface area contributed by atoms with E-state index >= 15 is 0 Å². The molecule has 2 aromatic rings. The van der Waals surface area contributed by atoms with Gasteiger partial charge in [-0.1, -0.05) is 6.07 Å². The summed E-state index contributed by atoms with van der Waals surface area (Å²) in [6.07, 6.45) is 2.13. The number of amides is 1. The van der Waals surface area contributed by atoms with Crippen LogP contribution in [0, 0.1) is 0 Å². The Bertz CT molecular complexity index is 577. The van der Waals surface area contributed by atoms with Gasteiger partial charge in [-0.25, -0.2) is 0 Å². The topological polar surface area (TPSA) is 29.5 Å².